The second-order valence-corrected chi connectivity index (χ2v) is 6.26. The summed E-state index contributed by atoms with van der Waals surface area (Å²) in [5.74, 6) is -1.86. The first kappa shape index (κ1) is 17.3. The molecule has 2 aromatic carbocycles. The lowest BCUT2D eigenvalue weighted by Crippen LogP contribution is -2.41. The summed E-state index contributed by atoms with van der Waals surface area (Å²) in [6, 6.07) is 7.76. The average Bonchev–Trinajstić information content (AvgIpc) is 2.54. The molecule has 0 aliphatic carbocycles. The molecule has 0 saturated heterocycles. The van der Waals surface area contributed by atoms with Crippen LogP contribution >= 0.6 is 0 Å². The first-order chi connectivity index (χ1) is 11.9. The van der Waals surface area contributed by atoms with Gasteiger partial charge in [-0.05, 0) is 49.1 Å². The Morgan fingerprint density at radius 2 is 1.88 bits per heavy atom. The molecule has 0 saturated carbocycles. The number of anilines is 1. The van der Waals surface area contributed by atoms with Crippen molar-refractivity contribution in [1.82, 2.24) is 5.32 Å². The third kappa shape index (κ3) is 3.95. The number of halogens is 3. The molecule has 6 heteroatoms. The van der Waals surface area contributed by atoms with Gasteiger partial charge in [0.15, 0.2) is 0 Å². The fourth-order valence-electron chi connectivity index (χ4n) is 3.19. The Morgan fingerprint density at radius 3 is 2.60 bits per heavy atom. The van der Waals surface area contributed by atoms with E-state index in [4.69, 9.17) is 0 Å². The summed E-state index contributed by atoms with van der Waals surface area (Å²) in [5.41, 5.74) is 1.67. The van der Waals surface area contributed by atoms with Gasteiger partial charge >= 0.3 is 0 Å². The van der Waals surface area contributed by atoms with Crippen LogP contribution in [0, 0.1) is 17.5 Å². The number of aryl methyl sites for hydroxylation is 1. The van der Waals surface area contributed by atoms with Gasteiger partial charge in [-0.2, -0.15) is 0 Å². The van der Waals surface area contributed by atoms with Gasteiger partial charge in [0.25, 0.3) is 0 Å². The number of fused-ring (bicyclic) bond motifs is 1. The van der Waals surface area contributed by atoms with Crippen molar-refractivity contribution in [3.05, 3.63) is 65.0 Å². The van der Waals surface area contributed by atoms with Crippen LogP contribution in [-0.4, -0.2) is 19.0 Å². The highest BCUT2D eigenvalue weighted by Crippen LogP contribution is 2.30. The van der Waals surface area contributed by atoms with Gasteiger partial charge in [-0.15, -0.1) is 0 Å². The zero-order chi connectivity index (χ0) is 18.0. The molecule has 1 N–H and O–H groups in total. The summed E-state index contributed by atoms with van der Waals surface area (Å²) in [6.45, 7) is 2.32. The number of amides is 1. The van der Waals surface area contributed by atoms with Crippen LogP contribution in [0.5, 0.6) is 0 Å². The van der Waals surface area contributed by atoms with E-state index in [0.29, 0.717) is 24.2 Å². The Balaban J connectivity index is 1.69. The van der Waals surface area contributed by atoms with E-state index in [2.05, 4.69) is 5.32 Å². The van der Waals surface area contributed by atoms with Crippen molar-refractivity contribution in [2.75, 3.05) is 18.0 Å². The van der Waals surface area contributed by atoms with E-state index < -0.39 is 11.6 Å². The third-order valence-corrected chi connectivity index (χ3v) is 4.38. The van der Waals surface area contributed by atoms with Crippen molar-refractivity contribution >= 4 is 11.6 Å². The molecule has 1 aliphatic heterocycles. The summed E-state index contributed by atoms with van der Waals surface area (Å²) in [5, 5.41) is 2.83. The summed E-state index contributed by atoms with van der Waals surface area (Å²) in [6.07, 6.45) is 1.32. The molecule has 1 aliphatic rings. The lowest BCUT2D eigenvalue weighted by atomic mass is 10.0. The quantitative estimate of drug-likeness (QED) is 0.913. The van der Waals surface area contributed by atoms with Gasteiger partial charge in [-0.1, -0.05) is 12.1 Å². The molecule has 1 unspecified atom stereocenters. The van der Waals surface area contributed by atoms with Crippen LogP contribution in [0.4, 0.5) is 18.9 Å². The molecule has 1 heterocycles. The summed E-state index contributed by atoms with van der Waals surface area (Å²) in [4.78, 5) is 14.0. The van der Waals surface area contributed by atoms with Crippen molar-refractivity contribution in [3.63, 3.8) is 0 Å². The summed E-state index contributed by atoms with van der Waals surface area (Å²) >= 11 is 0. The first-order valence-corrected chi connectivity index (χ1v) is 8.22. The number of rotatable bonds is 4. The second kappa shape index (κ2) is 7.17. The van der Waals surface area contributed by atoms with E-state index in [9.17, 15) is 18.0 Å². The maximum Gasteiger partial charge on any atom is 0.239 e. The summed E-state index contributed by atoms with van der Waals surface area (Å²) in [7, 11) is 0. The SMILES string of the molecule is CC(NC(=O)CN1CCCc2cc(F)cc(F)c21)c1ccc(F)cc1. The van der Waals surface area contributed by atoms with Gasteiger partial charge in [0, 0.05) is 12.6 Å². The Bertz CT molecular complexity index is 777. The third-order valence-electron chi connectivity index (χ3n) is 4.38. The lowest BCUT2D eigenvalue weighted by molar-refractivity contribution is -0.120. The number of hydrogen-bond acceptors (Lipinski definition) is 2. The molecule has 0 radical (unpaired) electrons. The van der Waals surface area contributed by atoms with Crippen LogP contribution in [-0.2, 0) is 11.2 Å². The largest absolute Gasteiger partial charge is 0.360 e. The molecule has 25 heavy (non-hydrogen) atoms. The van der Waals surface area contributed by atoms with Crippen LogP contribution < -0.4 is 10.2 Å². The van der Waals surface area contributed by atoms with Crippen LogP contribution in [0.3, 0.4) is 0 Å². The maximum absolute atomic E-state index is 14.1. The standard InChI is InChI=1S/C19H19F3N2O/c1-12(13-4-6-15(20)7-5-13)23-18(25)11-24-8-2-3-14-9-16(21)10-17(22)19(14)24/h4-7,9-10,12H,2-3,8,11H2,1H3,(H,23,25). The molecule has 0 bridgehead atoms. The highest BCUT2D eigenvalue weighted by Gasteiger charge is 2.24. The average molecular weight is 348 g/mol. The minimum Gasteiger partial charge on any atom is -0.360 e. The fraction of sp³-hybridized carbons (Fsp3) is 0.316. The van der Waals surface area contributed by atoms with E-state index in [-0.39, 0.29) is 24.3 Å². The number of hydrogen-bond donors (Lipinski definition) is 1. The lowest BCUT2D eigenvalue weighted by Gasteiger charge is -2.31. The first-order valence-electron chi connectivity index (χ1n) is 8.22. The van der Waals surface area contributed by atoms with Gasteiger partial charge in [-0.3, -0.25) is 4.79 Å². The topological polar surface area (TPSA) is 32.3 Å². The monoisotopic (exact) mass is 348 g/mol. The molecule has 1 amide bonds. The fourth-order valence-corrected chi connectivity index (χ4v) is 3.19. The molecular weight excluding hydrogens is 329 g/mol. The molecule has 132 valence electrons. The van der Waals surface area contributed by atoms with E-state index in [1.165, 1.54) is 18.2 Å². The van der Waals surface area contributed by atoms with Crippen molar-refractivity contribution in [2.24, 2.45) is 0 Å². The highest BCUT2D eigenvalue weighted by molar-refractivity contribution is 5.82. The van der Waals surface area contributed by atoms with E-state index in [1.54, 1.807) is 24.0 Å². The number of benzene rings is 2. The predicted molar refractivity (Wildman–Crippen MR) is 89.8 cm³/mol. The second-order valence-electron chi connectivity index (χ2n) is 6.26. The van der Waals surface area contributed by atoms with E-state index in [0.717, 1.165) is 18.1 Å². The van der Waals surface area contributed by atoms with Crippen LogP contribution in [0.15, 0.2) is 36.4 Å². The number of carbonyl (C=O) groups is 1. The van der Waals surface area contributed by atoms with Crippen LogP contribution in [0.25, 0.3) is 0 Å². The summed E-state index contributed by atoms with van der Waals surface area (Å²) < 4.78 is 40.5. The molecular formula is C19H19F3N2O. The zero-order valence-corrected chi connectivity index (χ0v) is 13.9. The molecule has 3 rings (SSSR count). The normalized spacial score (nSPS) is 14.8. The van der Waals surface area contributed by atoms with Crippen LogP contribution in [0.2, 0.25) is 0 Å². The molecule has 2 aromatic rings. The Hall–Kier alpha value is -2.50. The Kier molecular flexibility index (Phi) is 4.97. The van der Waals surface area contributed by atoms with E-state index >= 15 is 0 Å². The number of nitrogens with one attached hydrogen (secondary N) is 1. The number of nitrogens with zero attached hydrogens (tertiary/aromatic N) is 1. The minimum absolute atomic E-state index is 0.0128. The van der Waals surface area contributed by atoms with Gasteiger partial charge in [0.1, 0.15) is 17.5 Å². The smallest absolute Gasteiger partial charge is 0.239 e. The Labute approximate surface area is 144 Å². The van der Waals surface area contributed by atoms with E-state index in [1.807, 2.05) is 0 Å². The zero-order valence-electron chi connectivity index (χ0n) is 13.9. The van der Waals surface area contributed by atoms with Gasteiger partial charge in [-0.25, -0.2) is 13.2 Å². The maximum atomic E-state index is 14.1. The van der Waals surface area contributed by atoms with Crippen LogP contribution in [0.1, 0.15) is 30.5 Å². The number of carbonyl (C=O) groups excluding carboxylic acids is 1. The van der Waals surface area contributed by atoms with Crippen molar-refractivity contribution in [1.29, 1.82) is 0 Å². The van der Waals surface area contributed by atoms with Crippen molar-refractivity contribution in [2.45, 2.75) is 25.8 Å². The molecule has 0 aromatic heterocycles. The van der Waals surface area contributed by atoms with Gasteiger partial charge in [0.05, 0.1) is 18.3 Å². The molecule has 3 nitrogen and oxygen atoms in total. The minimum atomic E-state index is -0.644. The Morgan fingerprint density at radius 1 is 1.16 bits per heavy atom. The molecule has 0 fully saturated rings. The molecule has 0 spiro atoms. The van der Waals surface area contributed by atoms with Crippen molar-refractivity contribution < 1.29 is 18.0 Å². The predicted octanol–water partition coefficient (Wildman–Crippen LogP) is 3.73. The van der Waals surface area contributed by atoms with Gasteiger partial charge in [0.2, 0.25) is 5.91 Å². The van der Waals surface area contributed by atoms with Gasteiger partial charge < -0.3 is 10.2 Å². The molecule has 1 atom stereocenters. The highest BCUT2D eigenvalue weighted by atomic mass is 19.1. The van der Waals surface area contributed by atoms with Crippen molar-refractivity contribution in [3.8, 4) is 0 Å².